The fourth-order valence-corrected chi connectivity index (χ4v) is 12.1. The van der Waals surface area contributed by atoms with Crippen LogP contribution in [0.5, 0.6) is 0 Å². The molecule has 2 aromatic rings. The van der Waals surface area contributed by atoms with Crippen LogP contribution in [0.2, 0.25) is 5.02 Å². The van der Waals surface area contributed by atoms with Crippen molar-refractivity contribution in [1.82, 2.24) is 55.6 Å². The summed E-state index contributed by atoms with van der Waals surface area (Å²) in [6.07, 6.45) is -6.97. The van der Waals surface area contributed by atoms with Crippen LogP contribution in [0.1, 0.15) is 122 Å². The van der Waals surface area contributed by atoms with Gasteiger partial charge in [0.1, 0.15) is 41.1 Å². The predicted molar refractivity (Wildman–Crippen MR) is 336 cm³/mol. The predicted octanol–water partition coefficient (Wildman–Crippen LogP) is 5.71. The van der Waals surface area contributed by atoms with Gasteiger partial charge in [-0.15, -0.1) is 0 Å². The standard InChI is InChI=1S/C65H88ClF6N11O11/c1-14-39(6)54-61(93)79(10)35-52(86)77(8)36-53(87)81(12)49(33-42-20-15-16-21-43(42)64(67,68)69)60(92)78(9)34-50(84)74-46(26-24-41-23-25-44(45(66)32-41)65(70,71)72)59(91)83-29-19-22-47(83)57(89)76-63(27-17-18-28-63)62(94)82(13)55(38(4)5)58(90)73-40(7)31-51(85)80(11)48(30-37(2)3)56(88)75-54/h15-16,20-23,25-26,32,37-40,48-49,54-55H,14,17-19,24,27-31,33-36H2,1-13H3,(H,73,90)(H,74,84)(H,75,88)(H,76,89)/b46-26+/t39-,40+,48-,49-,54-,55-/m0/s1. The maximum atomic E-state index is 15.0. The number of allylic oxidation sites excluding steroid dienone is 1. The van der Waals surface area contributed by atoms with Crippen LogP contribution in [0.4, 0.5) is 26.3 Å². The highest BCUT2D eigenvalue weighted by atomic mass is 35.5. The molecule has 1 spiro atoms. The van der Waals surface area contributed by atoms with E-state index in [-0.39, 0.29) is 62.2 Å². The molecule has 0 radical (unpaired) electrons. The monoisotopic (exact) mass is 1350 g/mol. The van der Waals surface area contributed by atoms with Crippen molar-refractivity contribution in [2.75, 3.05) is 68.5 Å². The molecule has 29 heteroatoms. The van der Waals surface area contributed by atoms with Crippen molar-refractivity contribution >= 4 is 76.6 Å². The lowest BCUT2D eigenvalue weighted by Crippen LogP contribution is -2.63. The molecule has 0 unspecified atom stereocenters. The first kappa shape index (κ1) is 76.7. The molecule has 0 bridgehead atoms. The third kappa shape index (κ3) is 19.3. The van der Waals surface area contributed by atoms with Gasteiger partial charge < -0.3 is 55.6 Å². The molecule has 3 aliphatic rings. The van der Waals surface area contributed by atoms with E-state index in [9.17, 15) is 79.1 Å². The number of hydrogen-bond donors (Lipinski definition) is 4. The Bertz CT molecular complexity index is 3240. The fraction of sp³-hybridized carbons (Fsp3) is 0.585. The molecule has 2 aromatic carbocycles. The largest absolute Gasteiger partial charge is 0.417 e. The van der Waals surface area contributed by atoms with E-state index >= 15 is 0 Å². The molecule has 11 amide bonds. The number of nitrogens with one attached hydrogen (secondary N) is 4. The first-order valence-corrected chi connectivity index (χ1v) is 31.6. The van der Waals surface area contributed by atoms with Crippen LogP contribution in [0, 0.1) is 17.8 Å². The molecule has 518 valence electrons. The minimum Gasteiger partial charge on any atom is -0.351 e. The molecule has 2 heterocycles. The second kappa shape index (κ2) is 32.4. The van der Waals surface area contributed by atoms with Crippen LogP contribution in [-0.2, 0) is 77.9 Å². The summed E-state index contributed by atoms with van der Waals surface area (Å²) in [5, 5.41) is 10.2. The summed E-state index contributed by atoms with van der Waals surface area (Å²) in [7, 11) is 7.51. The number of benzene rings is 2. The Labute approximate surface area is 549 Å². The number of fused-ring (bicyclic) bond motifs is 1. The summed E-state index contributed by atoms with van der Waals surface area (Å²) in [4.78, 5) is 166. The van der Waals surface area contributed by atoms with Gasteiger partial charge in [0.15, 0.2) is 0 Å². The van der Waals surface area contributed by atoms with Gasteiger partial charge in [-0.3, -0.25) is 52.7 Å². The quantitative estimate of drug-likeness (QED) is 0.175. The minimum atomic E-state index is -4.95. The molecule has 94 heavy (non-hydrogen) atoms. The zero-order chi connectivity index (χ0) is 70.6. The lowest BCUT2D eigenvalue weighted by atomic mass is 9.92. The Morgan fingerprint density at radius 2 is 1.29 bits per heavy atom. The summed E-state index contributed by atoms with van der Waals surface area (Å²) < 4.78 is 84.9. The van der Waals surface area contributed by atoms with Crippen LogP contribution in [0.3, 0.4) is 0 Å². The van der Waals surface area contributed by atoms with Crippen molar-refractivity contribution in [3.63, 3.8) is 0 Å². The zero-order valence-corrected chi connectivity index (χ0v) is 56.2. The van der Waals surface area contributed by atoms with E-state index in [4.69, 9.17) is 11.6 Å². The second-order valence-corrected chi connectivity index (χ2v) is 25.9. The van der Waals surface area contributed by atoms with E-state index in [0.717, 1.165) is 75.0 Å². The minimum absolute atomic E-state index is 0.0739. The summed E-state index contributed by atoms with van der Waals surface area (Å²) in [5.74, 6) is -10.4. The van der Waals surface area contributed by atoms with E-state index in [1.54, 1.807) is 34.6 Å². The molecule has 1 saturated carbocycles. The average Bonchev–Trinajstić information content (AvgIpc) is 1.50. The molecule has 1 saturated heterocycles. The van der Waals surface area contributed by atoms with Gasteiger partial charge in [-0.2, -0.15) is 26.3 Å². The lowest BCUT2D eigenvalue weighted by Gasteiger charge is -2.38. The van der Waals surface area contributed by atoms with Gasteiger partial charge in [-0.1, -0.05) is 109 Å². The van der Waals surface area contributed by atoms with E-state index in [1.165, 1.54) is 50.1 Å². The molecule has 2 fully saturated rings. The number of carbonyl (C=O) groups is 11. The molecule has 5 rings (SSSR count). The highest BCUT2D eigenvalue weighted by Gasteiger charge is 2.49. The number of halogens is 7. The number of rotatable bonds is 9. The van der Waals surface area contributed by atoms with Crippen LogP contribution in [0.15, 0.2) is 66.0 Å². The van der Waals surface area contributed by atoms with Gasteiger partial charge in [0.25, 0.3) is 11.8 Å². The number of amides is 11. The summed E-state index contributed by atoms with van der Waals surface area (Å²) in [6, 6.07) is 0.810. The van der Waals surface area contributed by atoms with E-state index in [0.29, 0.717) is 25.3 Å². The average molecular weight is 1350 g/mol. The van der Waals surface area contributed by atoms with Crippen molar-refractivity contribution in [3.8, 4) is 0 Å². The van der Waals surface area contributed by atoms with Gasteiger partial charge in [-0.05, 0) is 86.1 Å². The Hall–Kier alpha value is -8.04. The summed E-state index contributed by atoms with van der Waals surface area (Å²) in [5.41, 5.74) is -5.06. The Morgan fingerprint density at radius 1 is 0.691 bits per heavy atom. The molecule has 22 nitrogen and oxygen atoms in total. The second-order valence-electron chi connectivity index (χ2n) is 25.5. The first-order chi connectivity index (χ1) is 43.7. The molecule has 1 aliphatic carbocycles. The van der Waals surface area contributed by atoms with Gasteiger partial charge in [0.2, 0.25) is 53.2 Å². The number of alkyl halides is 6. The third-order valence-corrected chi connectivity index (χ3v) is 17.7. The highest BCUT2D eigenvalue weighted by molar-refractivity contribution is 6.31. The molecule has 6 atom stereocenters. The highest BCUT2D eigenvalue weighted by Crippen LogP contribution is 2.37. The van der Waals surface area contributed by atoms with E-state index in [2.05, 4.69) is 21.3 Å². The van der Waals surface area contributed by atoms with Crippen LogP contribution >= 0.6 is 11.6 Å². The van der Waals surface area contributed by atoms with Crippen molar-refractivity contribution in [2.45, 2.75) is 161 Å². The maximum absolute atomic E-state index is 15.0. The molecular weight excluding hydrogens is 1260 g/mol. The van der Waals surface area contributed by atoms with Crippen LogP contribution < -0.4 is 21.3 Å². The van der Waals surface area contributed by atoms with Crippen molar-refractivity contribution in [2.24, 2.45) is 17.8 Å². The third-order valence-electron chi connectivity index (χ3n) is 17.4. The summed E-state index contributed by atoms with van der Waals surface area (Å²) in [6.45, 7) is 9.54. The SMILES string of the molecule is CC[C@H](C)[C@@H]1NC(=O)[C@H](CC(C)C)N(C)C(=O)C[C@@H](C)NC(=O)[C@H](C(C)C)N(C)C(=O)C2(CCCC2)NC(=O)C2=CCCN2C(=O)/C(=C\Cc2ccc(C(F)(F)F)c(Cl)c2)NC(=O)CN(C)C(=O)[C@H](Cc2ccccc2C(F)(F)F)N(C)C(=O)CN(C)C(=O)CN(C)C1=O. The Kier molecular flexibility index (Phi) is 26.4. The maximum Gasteiger partial charge on any atom is 0.417 e. The first-order valence-electron chi connectivity index (χ1n) is 31.2. The number of nitrogens with zero attached hydrogens (tertiary/aromatic N) is 7. The fourth-order valence-electron chi connectivity index (χ4n) is 11.8. The van der Waals surface area contributed by atoms with Gasteiger partial charge in [0, 0.05) is 67.7 Å². The molecular formula is C65H88ClF6N11O11. The van der Waals surface area contributed by atoms with Crippen LogP contribution in [-0.4, -0.2) is 203 Å². The van der Waals surface area contributed by atoms with Gasteiger partial charge in [0.05, 0.1) is 35.8 Å². The smallest absolute Gasteiger partial charge is 0.351 e. The van der Waals surface area contributed by atoms with Crippen LogP contribution in [0.25, 0.3) is 0 Å². The molecule has 2 aliphatic heterocycles. The van der Waals surface area contributed by atoms with Gasteiger partial charge >= 0.3 is 12.4 Å². The Balaban J connectivity index is 1.61. The topological polar surface area (TPSA) is 259 Å². The molecule has 4 N–H and O–H groups in total. The van der Waals surface area contributed by atoms with E-state index in [1.807, 2.05) is 13.8 Å². The zero-order valence-electron chi connectivity index (χ0n) is 55.5. The summed E-state index contributed by atoms with van der Waals surface area (Å²) >= 11 is 6.05. The molecule has 0 aromatic heterocycles. The normalized spacial score (nSPS) is 23.5. The number of hydrogen-bond acceptors (Lipinski definition) is 11. The Morgan fingerprint density at radius 3 is 1.87 bits per heavy atom. The van der Waals surface area contributed by atoms with Crippen molar-refractivity contribution in [1.29, 1.82) is 0 Å². The van der Waals surface area contributed by atoms with Gasteiger partial charge in [-0.25, -0.2) is 0 Å². The van der Waals surface area contributed by atoms with Crippen molar-refractivity contribution in [3.05, 3.63) is 93.3 Å². The lowest BCUT2D eigenvalue weighted by molar-refractivity contribution is -0.148. The number of likely N-dealkylation sites (N-methyl/N-ethyl adjacent to an activating group) is 6. The van der Waals surface area contributed by atoms with E-state index < -0.39 is 178 Å². The number of carbonyl (C=O) groups excluding carboxylic acids is 11. The van der Waals surface area contributed by atoms with Crippen molar-refractivity contribution < 1.29 is 79.1 Å².